The summed E-state index contributed by atoms with van der Waals surface area (Å²) in [6.45, 7) is 1.95. The molecule has 136 valence electrons. The van der Waals surface area contributed by atoms with Crippen LogP contribution in [0.25, 0.3) is 10.9 Å². The topological polar surface area (TPSA) is 92.2 Å². The van der Waals surface area contributed by atoms with Gasteiger partial charge in [-0.25, -0.2) is 18.4 Å². The van der Waals surface area contributed by atoms with Crippen LogP contribution < -0.4 is 5.32 Å². The largest absolute Gasteiger partial charge is 0.394 e. The van der Waals surface area contributed by atoms with Gasteiger partial charge in [-0.3, -0.25) is 0 Å². The second-order valence-corrected chi connectivity index (χ2v) is 8.40. The molecule has 0 amide bonds. The van der Waals surface area contributed by atoms with Crippen molar-refractivity contribution in [3.05, 3.63) is 59.9 Å². The number of aromatic nitrogens is 2. The second kappa shape index (κ2) is 7.39. The number of sulfone groups is 1. The number of fused-ring (bicyclic) bond motifs is 1. The molecule has 1 aromatic heterocycles. The van der Waals surface area contributed by atoms with E-state index in [2.05, 4.69) is 15.3 Å². The highest BCUT2D eigenvalue weighted by Crippen LogP contribution is 2.24. The summed E-state index contributed by atoms with van der Waals surface area (Å²) in [6, 6.07) is 12.6. The first-order chi connectivity index (χ1) is 12.4. The van der Waals surface area contributed by atoms with E-state index in [4.69, 9.17) is 0 Å². The molecule has 3 aromatic rings. The SMILES string of the molecule is Cc1ccc(C[C@@H](CO)Nc2ncnc3ccc(S(C)(=O)=O)cc23)cc1. The van der Waals surface area contributed by atoms with Crippen molar-refractivity contribution >= 4 is 26.6 Å². The zero-order valence-electron chi connectivity index (χ0n) is 14.7. The lowest BCUT2D eigenvalue weighted by Crippen LogP contribution is -2.27. The Hall–Kier alpha value is -2.51. The van der Waals surface area contributed by atoms with Gasteiger partial charge in [0.1, 0.15) is 12.1 Å². The average molecular weight is 371 g/mol. The van der Waals surface area contributed by atoms with E-state index < -0.39 is 9.84 Å². The number of rotatable bonds is 6. The van der Waals surface area contributed by atoms with E-state index in [-0.39, 0.29) is 17.5 Å². The average Bonchev–Trinajstić information content (AvgIpc) is 2.62. The Bertz CT molecular complexity index is 1020. The minimum absolute atomic E-state index is 0.0782. The molecule has 3 rings (SSSR count). The fourth-order valence-electron chi connectivity index (χ4n) is 2.74. The van der Waals surface area contributed by atoms with Crippen LogP contribution in [0.4, 0.5) is 5.82 Å². The maximum atomic E-state index is 11.8. The van der Waals surface area contributed by atoms with E-state index in [9.17, 15) is 13.5 Å². The van der Waals surface area contributed by atoms with E-state index in [0.29, 0.717) is 23.1 Å². The third-order valence-electron chi connectivity index (χ3n) is 4.20. The van der Waals surface area contributed by atoms with Crippen molar-refractivity contribution in [3.8, 4) is 0 Å². The fourth-order valence-corrected chi connectivity index (χ4v) is 3.39. The minimum Gasteiger partial charge on any atom is -0.394 e. The van der Waals surface area contributed by atoms with E-state index in [0.717, 1.165) is 5.56 Å². The van der Waals surface area contributed by atoms with Gasteiger partial charge in [0.15, 0.2) is 9.84 Å². The molecule has 0 saturated heterocycles. The maximum absolute atomic E-state index is 11.8. The number of hydrogen-bond acceptors (Lipinski definition) is 6. The Morgan fingerprint density at radius 2 is 1.85 bits per heavy atom. The van der Waals surface area contributed by atoms with Crippen molar-refractivity contribution in [3.63, 3.8) is 0 Å². The lowest BCUT2D eigenvalue weighted by atomic mass is 10.0. The maximum Gasteiger partial charge on any atom is 0.175 e. The smallest absolute Gasteiger partial charge is 0.175 e. The quantitative estimate of drug-likeness (QED) is 0.691. The van der Waals surface area contributed by atoms with E-state index in [1.165, 1.54) is 24.2 Å². The first-order valence-electron chi connectivity index (χ1n) is 8.24. The molecule has 2 N–H and O–H groups in total. The molecule has 0 fully saturated rings. The minimum atomic E-state index is -3.33. The Morgan fingerprint density at radius 3 is 2.50 bits per heavy atom. The summed E-state index contributed by atoms with van der Waals surface area (Å²) in [5.41, 5.74) is 2.91. The van der Waals surface area contributed by atoms with Gasteiger partial charge in [-0.1, -0.05) is 29.8 Å². The van der Waals surface area contributed by atoms with Crippen LogP contribution in [0.15, 0.2) is 53.7 Å². The van der Waals surface area contributed by atoms with Crippen LogP contribution in [0, 0.1) is 6.92 Å². The molecule has 26 heavy (non-hydrogen) atoms. The predicted octanol–water partition coefficient (Wildman–Crippen LogP) is 2.36. The molecule has 0 aliphatic carbocycles. The molecule has 0 saturated carbocycles. The van der Waals surface area contributed by atoms with Crippen molar-refractivity contribution < 1.29 is 13.5 Å². The van der Waals surface area contributed by atoms with Crippen molar-refractivity contribution in [1.29, 1.82) is 0 Å². The summed E-state index contributed by atoms with van der Waals surface area (Å²) in [4.78, 5) is 8.64. The first kappa shape index (κ1) is 18.3. The molecule has 1 heterocycles. The molecule has 2 aromatic carbocycles. The standard InChI is InChI=1S/C19H21N3O3S/c1-13-3-5-14(6-4-13)9-15(11-23)22-19-17-10-16(26(2,24)25)7-8-18(17)20-12-21-19/h3-8,10,12,15,23H,9,11H2,1-2H3,(H,20,21,22)/t15-/m0/s1. The van der Waals surface area contributed by atoms with Crippen molar-refractivity contribution in [2.75, 3.05) is 18.2 Å². The number of aliphatic hydroxyl groups excluding tert-OH is 1. The lowest BCUT2D eigenvalue weighted by molar-refractivity contribution is 0.273. The number of benzene rings is 2. The normalized spacial score (nSPS) is 12.9. The molecule has 6 nitrogen and oxygen atoms in total. The molecule has 0 bridgehead atoms. The number of aryl methyl sites for hydroxylation is 1. The van der Waals surface area contributed by atoms with Gasteiger partial charge in [-0.15, -0.1) is 0 Å². The number of nitrogens with one attached hydrogen (secondary N) is 1. The summed E-state index contributed by atoms with van der Waals surface area (Å²) in [6.07, 6.45) is 3.21. The summed E-state index contributed by atoms with van der Waals surface area (Å²) in [5.74, 6) is 0.506. The third-order valence-corrected chi connectivity index (χ3v) is 5.31. The Kier molecular flexibility index (Phi) is 5.20. The molecule has 0 aliphatic heterocycles. The Balaban J connectivity index is 1.91. The van der Waals surface area contributed by atoms with Crippen LogP contribution >= 0.6 is 0 Å². The van der Waals surface area contributed by atoms with E-state index in [1.807, 2.05) is 31.2 Å². The zero-order chi connectivity index (χ0) is 18.7. The van der Waals surface area contributed by atoms with Gasteiger partial charge in [0.2, 0.25) is 0 Å². The molecule has 1 atom stereocenters. The van der Waals surface area contributed by atoms with E-state index >= 15 is 0 Å². The van der Waals surface area contributed by atoms with Gasteiger partial charge < -0.3 is 10.4 Å². The van der Waals surface area contributed by atoms with Gasteiger partial charge in [0, 0.05) is 11.6 Å². The summed E-state index contributed by atoms with van der Waals surface area (Å²) >= 11 is 0. The van der Waals surface area contributed by atoms with Crippen molar-refractivity contribution in [2.24, 2.45) is 0 Å². The molecule has 0 aliphatic rings. The molecule has 0 unspecified atom stereocenters. The Labute approximate surface area is 152 Å². The number of aliphatic hydroxyl groups is 1. The monoisotopic (exact) mass is 371 g/mol. The van der Waals surface area contributed by atoms with Crippen LogP contribution in [0.1, 0.15) is 11.1 Å². The predicted molar refractivity (Wildman–Crippen MR) is 102 cm³/mol. The number of anilines is 1. The number of hydrogen-bond donors (Lipinski definition) is 2. The fraction of sp³-hybridized carbons (Fsp3) is 0.263. The molecular formula is C19H21N3O3S. The van der Waals surface area contributed by atoms with Crippen LogP contribution in [0.2, 0.25) is 0 Å². The summed E-state index contributed by atoms with van der Waals surface area (Å²) in [5, 5.41) is 13.6. The zero-order valence-corrected chi connectivity index (χ0v) is 15.5. The van der Waals surface area contributed by atoms with Crippen molar-refractivity contribution in [2.45, 2.75) is 24.3 Å². The van der Waals surface area contributed by atoms with Crippen LogP contribution in [0.5, 0.6) is 0 Å². The van der Waals surface area contributed by atoms with Gasteiger partial charge in [0.25, 0.3) is 0 Å². The van der Waals surface area contributed by atoms with Gasteiger partial charge >= 0.3 is 0 Å². The van der Waals surface area contributed by atoms with Gasteiger partial charge in [0.05, 0.1) is 23.1 Å². The molecule has 0 spiro atoms. The van der Waals surface area contributed by atoms with Crippen molar-refractivity contribution in [1.82, 2.24) is 9.97 Å². The molecule has 7 heteroatoms. The highest BCUT2D eigenvalue weighted by molar-refractivity contribution is 7.90. The van der Waals surface area contributed by atoms with Crippen LogP contribution in [-0.4, -0.2) is 42.4 Å². The molecule has 0 radical (unpaired) electrons. The second-order valence-electron chi connectivity index (χ2n) is 6.39. The molecular weight excluding hydrogens is 350 g/mol. The van der Waals surface area contributed by atoms with Gasteiger partial charge in [-0.2, -0.15) is 0 Å². The number of nitrogens with zero attached hydrogens (tertiary/aromatic N) is 2. The summed E-state index contributed by atoms with van der Waals surface area (Å²) in [7, 11) is -3.33. The third kappa shape index (κ3) is 4.17. The highest BCUT2D eigenvalue weighted by atomic mass is 32.2. The van der Waals surface area contributed by atoms with Crippen LogP contribution in [-0.2, 0) is 16.3 Å². The highest BCUT2D eigenvalue weighted by Gasteiger charge is 2.14. The Morgan fingerprint density at radius 1 is 1.12 bits per heavy atom. The lowest BCUT2D eigenvalue weighted by Gasteiger charge is -2.18. The van der Waals surface area contributed by atoms with E-state index in [1.54, 1.807) is 12.1 Å². The first-order valence-corrected chi connectivity index (χ1v) is 10.1. The van der Waals surface area contributed by atoms with Crippen LogP contribution in [0.3, 0.4) is 0 Å². The van der Waals surface area contributed by atoms with Gasteiger partial charge in [-0.05, 0) is 37.1 Å². The summed E-state index contributed by atoms with van der Waals surface area (Å²) < 4.78 is 23.7.